The Morgan fingerprint density at radius 2 is 1.80 bits per heavy atom. The van der Waals surface area contributed by atoms with Crippen molar-refractivity contribution in [1.82, 2.24) is 0 Å². The number of cyclic esters (lactones) is 2. The Hall–Kier alpha value is -2.01. The van der Waals surface area contributed by atoms with Crippen molar-refractivity contribution in [2.45, 2.75) is 26.6 Å². The zero-order valence-corrected chi connectivity index (χ0v) is 12.1. The van der Waals surface area contributed by atoms with Crippen molar-refractivity contribution in [3.05, 3.63) is 40.6 Å². The summed E-state index contributed by atoms with van der Waals surface area (Å²) >= 11 is 5.99. The lowest BCUT2D eigenvalue weighted by Gasteiger charge is -2.29. The number of ether oxygens (including phenoxy) is 2. The fourth-order valence-electron chi connectivity index (χ4n) is 1.62. The average molecular weight is 296 g/mol. The van der Waals surface area contributed by atoms with E-state index in [-0.39, 0.29) is 5.57 Å². The van der Waals surface area contributed by atoms with Crippen LogP contribution in [0.1, 0.15) is 19.4 Å². The Morgan fingerprint density at radius 3 is 2.35 bits per heavy atom. The second kappa shape index (κ2) is 5.17. The van der Waals surface area contributed by atoms with Crippen molar-refractivity contribution >= 4 is 29.2 Å². The van der Waals surface area contributed by atoms with Crippen LogP contribution in [0.3, 0.4) is 0 Å². The summed E-state index contributed by atoms with van der Waals surface area (Å²) in [5, 5.41) is 3.41. The van der Waals surface area contributed by atoms with E-state index >= 15 is 0 Å². The molecule has 0 amide bonds. The molecule has 5 nitrogen and oxygen atoms in total. The van der Waals surface area contributed by atoms with Crippen LogP contribution in [-0.2, 0) is 19.1 Å². The third-order valence-electron chi connectivity index (χ3n) is 2.67. The lowest BCUT2D eigenvalue weighted by Crippen LogP contribution is -2.42. The molecule has 6 heteroatoms. The first-order chi connectivity index (χ1) is 9.28. The van der Waals surface area contributed by atoms with E-state index < -0.39 is 17.7 Å². The van der Waals surface area contributed by atoms with Crippen LogP contribution in [0, 0.1) is 6.92 Å². The van der Waals surface area contributed by atoms with Gasteiger partial charge >= 0.3 is 11.9 Å². The average Bonchev–Trinajstić information content (AvgIpc) is 2.31. The van der Waals surface area contributed by atoms with Gasteiger partial charge in [-0.1, -0.05) is 17.7 Å². The summed E-state index contributed by atoms with van der Waals surface area (Å²) < 4.78 is 9.94. The van der Waals surface area contributed by atoms with Gasteiger partial charge in [0.2, 0.25) is 0 Å². The Labute approximate surface area is 121 Å². The second-order valence-corrected chi connectivity index (χ2v) is 5.25. The molecule has 1 saturated heterocycles. The van der Waals surface area contributed by atoms with Gasteiger partial charge in [0, 0.05) is 30.8 Å². The van der Waals surface area contributed by atoms with Crippen LogP contribution in [0.2, 0.25) is 5.02 Å². The first kappa shape index (κ1) is 14.4. The molecule has 1 aromatic rings. The summed E-state index contributed by atoms with van der Waals surface area (Å²) in [5.41, 5.74) is 1.39. The van der Waals surface area contributed by atoms with Crippen molar-refractivity contribution in [2.24, 2.45) is 0 Å². The van der Waals surface area contributed by atoms with E-state index in [4.69, 9.17) is 21.1 Å². The van der Waals surface area contributed by atoms with Crippen molar-refractivity contribution in [2.75, 3.05) is 5.32 Å². The first-order valence-electron chi connectivity index (χ1n) is 5.98. The van der Waals surface area contributed by atoms with E-state index in [1.807, 2.05) is 13.0 Å². The number of hydrogen-bond donors (Lipinski definition) is 1. The third-order valence-corrected chi connectivity index (χ3v) is 3.08. The standard InChI is InChI=1S/C14H14ClNO4/c1-8-4-5-9(6-11(8)15)16-7-10-12(17)19-14(2,3)20-13(10)18/h4-7,16H,1-3H3. The summed E-state index contributed by atoms with van der Waals surface area (Å²) in [6.45, 7) is 4.86. The van der Waals surface area contributed by atoms with Crippen LogP contribution < -0.4 is 5.32 Å². The minimum absolute atomic E-state index is 0.193. The molecule has 0 atom stereocenters. The summed E-state index contributed by atoms with van der Waals surface area (Å²) in [6, 6.07) is 5.29. The fourth-order valence-corrected chi connectivity index (χ4v) is 1.80. The molecule has 20 heavy (non-hydrogen) atoms. The predicted molar refractivity (Wildman–Crippen MR) is 74.2 cm³/mol. The maximum Gasteiger partial charge on any atom is 0.350 e. The normalized spacial score (nSPS) is 17.3. The van der Waals surface area contributed by atoms with Crippen LogP contribution in [0.5, 0.6) is 0 Å². The van der Waals surface area contributed by atoms with Crippen molar-refractivity contribution in [3.63, 3.8) is 0 Å². The number of anilines is 1. The number of benzene rings is 1. The summed E-state index contributed by atoms with van der Waals surface area (Å²) in [5.74, 6) is -2.69. The molecule has 0 radical (unpaired) electrons. The molecule has 0 bridgehead atoms. The molecule has 1 aliphatic heterocycles. The number of nitrogens with one attached hydrogen (secondary N) is 1. The number of esters is 2. The quantitative estimate of drug-likeness (QED) is 0.516. The van der Waals surface area contributed by atoms with Gasteiger partial charge in [0.05, 0.1) is 0 Å². The molecule has 0 spiro atoms. The summed E-state index contributed by atoms with van der Waals surface area (Å²) in [7, 11) is 0. The van der Waals surface area contributed by atoms with Crippen molar-refractivity contribution in [3.8, 4) is 0 Å². The number of hydrogen-bond acceptors (Lipinski definition) is 5. The van der Waals surface area contributed by atoms with Gasteiger partial charge in [-0.05, 0) is 24.6 Å². The molecule has 1 fully saturated rings. The molecular weight excluding hydrogens is 282 g/mol. The Morgan fingerprint density at radius 1 is 1.20 bits per heavy atom. The van der Waals surface area contributed by atoms with Crippen molar-refractivity contribution in [1.29, 1.82) is 0 Å². The first-order valence-corrected chi connectivity index (χ1v) is 6.36. The highest BCUT2D eigenvalue weighted by Gasteiger charge is 2.38. The number of carbonyl (C=O) groups excluding carboxylic acids is 2. The van der Waals surface area contributed by atoms with E-state index in [0.29, 0.717) is 10.7 Å². The van der Waals surface area contributed by atoms with Crippen LogP contribution in [-0.4, -0.2) is 17.7 Å². The lowest BCUT2D eigenvalue weighted by atomic mass is 10.2. The Balaban J connectivity index is 2.17. The van der Waals surface area contributed by atoms with Crippen LogP contribution in [0.25, 0.3) is 0 Å². The highest BCUT2D eigenvalue weighted by Crippen LogP contribution is 2.24. The van der Waals surface area contributed by atoms with Gasteiger partial charge < -0.3 is 14.8 Å². The van der Waals surface area contributed by atoms with Gasteiger partial charge in [0.1, 0.15) is 0 Å². The molecule has 0 unspecified atom stereocenters. The monoisotopic (exact) mass is 295 g/mol. The molecule has 0 aromatic heterocycles. The number of carbonyl (C=O) groups is 2. The highest BCUT2D eigenvalue weighted by molar-refractivity contribution is 6.31. The maximum atomic E-state index is 11.7. The predicted octanol–water partition coefficient (Wildman–Crippen LogP) is 2.78. The lowest BCUT2D eigenvalue weighted by molar-refractivity contribution is -0.222. The van der Waals surface area contributed by atoms with Gasteiger partial charge in [-0.2, -0.15) is 0 Å². The highest BCUT2D eigenvalue weighted by atomic mass is 35.5. The minimum Gasteiger partial charge on any atom is -0.419 e. The second-order valence-electron chi connectivity index (χ2n) is 4.85. The summed E-state index contributed by atoms with van der Waals surface area (Å²) in [4.78, 5) is 23.4. The third kappa shape index (κ3) is 3.11. The Kier molecular flexibility index (Phi) is 3.72. The molecule has 1 aromatic carbocycles. The topological polar surface area (TPSA) is 64.6 Å². The Bertz CT molecular complexity index is 585. The van der Waals surface area contributed by atoms with Gasteiger partial charge in [-0.3, -0.25) is 0 Å². The molecule has 1 N–H and O–H groups in total. The molecule has 1 heterocycles. The van der Waals surface area contributed by atoms with E-state index in [9.17, 15) is 9.59 Å². The van der Waals surface area contributed by atoms with E-state index in [1.54, 1.807) is 12.1 Å². The minimum atomic E-state index is -1.24. The molecule has 0 saturated carbocycles. The number of halogens is 1. The van der Waals surface area contributed by atoms with Crippen LogP contribution in [0.4, 0.5) is 5.69 Å². The van der Waals surface area contributed by atoms with Crippen molar-refractivity contribution < 1.29 is 19.1 Å². The SMILES string of the molecule is Cc1ccc(NC=C2C(=O)OC(C)(C)OC2=O)cc1Cl. The zero-order chi connectivity index (χ0) is 14.9. The smallest absolute Gasteiger partial charge is 0.350 e. The van der Waals surface area contributed by atoms with E-state index in [2.05, 4.69) is 5.32 Å². The molecule has 1 aliphatic rings. The largest absolute Gasteiger partial charge is 0.419 e. The fraction of sp³-hybridized carbons (Fsp3) is 0.286. The van der Waals surface area contributed by atoms with Gasteiger partial charge in [0.25, 0.3) is 5.79 Å². The number of rotatable bonds is 2. The zero-order valence-electron chi connectivity index (χ0n) is 11.3. The van der Waals surface area contributed by atoms with Crippen LogP contribution >= 0.6 is 11.6 Å². The van der Waals surface area contributed by atoms with Gasteiger partial charge in [-0.15, -0.1) is 0 Å². The molecule has 2 rings (SSSR count). The maximum absolute atomic E-state index is 11.7. The van der Waals surface area contributed by atoms with E-state index in [0.717, 1.165) is 5.56 Å². The van der Waals surface area contributed by atoms with Gasteiger partial charge in [0.15, 0.2) is 5.57 Å². The van der Waals surface area contributed by atoms with Gasteiger partial charge in [-0.25, -0.2) is 9.59 Å². The van der Waals surface area contributed by atoms with Crippen LogP contribution in [0.15, 0.2) is 30.0 Å². The molecule has 106 valence electrons. The summed E-state index contributed by atoms with van der Waals surface area (Å²) in [6.07, 6.45) is 1.25. The number of aryl methyl sites for hydroxylation is 1. The molecular formula is C14H14ClNO4. The van der Waals surface area contributed by atoms with E-state index in [1.165, 1.54) is 20.0 Å². The molecule has 0 aliphatic carbocycles.